The fourth-order valence-corrected chi connectivity index (χ4v) is 5.50. The Morgan fingerprint density at radius 3 is 2.62 bits per heavy atom. The van der Waals surface area contributed by atoms with Crippen molar-refractivity contribution >= 4 is 41.1 Å². The second kappa shape index (κ2) is 9.02. The molecule has 0 aromatic carbocycles. The molecule has 0 unspecified atom stereocenters. The minimum atomic E-state index is -2.69. The zero-order valence-corrected chi connectivity index (χ0v) is 19.5. The standard InChI is InChI=1S/C25H26F2N4O2S/c26-25(27)7-5-24(6-8-25)13-19-11-18(14-28-22(19)30-23(24)33)1-2-21(32)31-9-3-17(4-10-31)12-20-15-34-16-29-20/h1-2,11-12,14-16H,3-10,13H2,(H,28,30,33)/b2-1+. The zero-order chi connectivity index (χ0) is 23.8. The van der Waals surface area contributed by atoms with E-state index in [4.69, 9.17) is 0 Å². The Labute approximate surface area is 200 Å². The number of nitrogens with one attached hydrogen (secondary N) is 1. The van der Waals surface area contributed by atoms with Crippen LogP contribution < -0.4 is 5.32 Å². The maximum absolute atomic E-state index is 13.7. The fraction of sp³-hybridized carbons (Fsp3) is 0.440. The summed E-state index contributed by atoms with van der Waals surface area (Å²) >= 11 is 1.57. The maximum Gasteiger partial charge on any atom is 0.248 e. The summed E-state index contributed by atoms with van der Waals surface area (Å²) < 4.78 is 27.3. The molecular formula is C25H26F2N4O2S. The molecule has 2 amide bonds. The van der Waals surface area contributed by atoms with Gasteiger partial charge in [-0.05, 0) is 61.4 Å². The normalized spacial score (nSPS) is 21.4. The average molecular weight is 485 g/mol. The van der Waals surface area contributed by atoms with Crippen LogP contribution in [0.5, 0.6) is 0 Å². The Hall–Kier alpha value is -2.94. The van der Waals surface area contributed by atoms with Crippen molar-refractivity contribution in [2.45, 2.75) is 50.9 Å². The zero-order valence-electron chi connectivity index (χ0n) is 18.7. The molecule has 34 heavy (non-hydrogen) atoms. The molecule has 1 saturated carbocycles. The van der Waals surface area contributed by atoms with Crippen molar-refractivity contribution in [1.29, 1.82) is 0 Å². The van der Waals surface area contributed by atoms with Crippen LogP contribution in [0, 0.1) is 5.41 Å². The molecular weight excluding hydrogens is 458 g/mol. The molecule has 1 spiro atoms. The van der Waals surface area contributed by atoms with E-state index in [1.807, 2.05) is 21.9 Å². The van der Waals surface area contributed by atoms with E-state index in [1.54, 1.807) is 29.7 Å². The van der Waals surface area contributed by atoms with Crippen molar-refractivity contribution in [3.05, 3.63) is 51.6 Å². The molecule has 178 valence electrons. The number of piperidine rings is 1. The average Bonchev–Trinajstić information content (AvgIpc) is 3.34. The lowest BCUT2D eigenvalue weighted by molar-refractivity contribution is -0.134. The number of carbonyl (C=O) groups excluding carboxylic acids is 2. The third-order valence-electron chi connectivity index (χ3n) is 7.11. The minimum absolute atomic E-state index is 0.0512. The summed E-state index contributed by atoms with van der Waals surface area (Å²) in [5.74, 6) is -2.48. The molecule has 2 aromatic rings. The van der Waals surface area contributed by atoms with Crippen LogP contribution in [0.25, 0.3) is 12.2 Å². The Morgan fingerprint density at radius 2 is 1.91 bits per heavy atom. The molecule has 2 aliphatic heterocycles. The van der Waals surface area contributed by atoms with Gasteiger partial charge >= 0.3 is 0 Å². The smallest absolute Gasteiger partial charge is 0.248 e. The fourth-order valence-electron chi connectivity index (χ4n) is 4.98. The third kappa shape index (κ3) is 4.80. The van der Waals surface area contributed by atoms with Crippen LogP contribution in [-0.4, -0.2) is 45.7 Å². The summed E-state index contributed by atoms with van der Waals surface area (Å²) in [6.07, 6.45) is 8.85. The van der Waals surface area contributed by atoms with Crippen molar-refractivity contribution in [3.8, 4) is 0 Å². The summed E-state index contributed by atoms with van der Waals surface area (Å²) in [5, 5.41) is 4.82. The van der Waals surface area contributed by atoms with Gasteiger partial charge in [0.2, 0.25) is 17.7 Å². The molecule has 0 atom stereocenters. The van der Waals surface area contributed by atoms with Crippen molar-refractivity contribution in [1.82, 2.24) is 14.9 Å². The van der Waals surface area contributed by atoms with Gasteiger partial charge in [0, 0.05) is 43.6 Å². The van der Waals surface area contributed by atoms with Crippen LogP contribution in [0.4, 0.5) is 14.6 Å². The van der Waals surface area contributed by atoms with Crippen LogP contribution in [0.3, 0.4) is 0 Å². The van der Waals surface area contributed by atoms with E-state index in [0.29, 0.717) is 25.3 Å². The Balaban J connectivity index is 1.22. The summed E-state index contributed by atoms with van der Waals surface area (Å²) in [5.41, 5.74) is 4.86. The SMILES string of the molecule is O=C(/C=C/c1cnc2c(c1)CC1(CCC(F)(F)CC1)C(=O)N2)N1CCC(=Cc2cscn2)CC1. The summed E-state index contributed by atoms with van der Waals surface area (Å²) in [6.45, 7) is 1.33. The topological polar surface area (TPSA) is 75.2 Å². The quantitative estimate of drug-likeness (QED) is 0.626. The highest BCUT2D eigenvalue weighted by molar-refractivity contribution is 7.07. The van der Waals surface area contributed by atoms with Gasteiger partial charge in [0.1, 0.15) is 5.82 Å². The molecule has 2 aromatic heterocycles. The molecule has 1 N–H and O–H groups in total. The number of anilines is 1. The number of pyridine rings is 1. The van der Waals surface area contributed by atoms with Crippen LogP contribution in [0.1, 0.15) is 55.3 Å². The number of halogens is 2. The Kier molecular flexibility index (Phi) is 6.06. The highest BCUT2D eigenvalue weighted by atomic mass is 32.1. The molecule has 1 saturated heterocycles. The van der Waals surface area contributed by atoms with Gasteiger partial charge in [-0.25, -0.2) is 18.7 Å². The second-order valence-corrected chi connectivity index (χ2v) is 10.1. The van der Waals surface area contributed by atoms with Gasteiger partial charge in [0.05, 0.1) is 16.6 Å². The summed E-state index contributed by atoms with van der Waals surface area (Å²) in [6, 6.07) is 1.89. The largest absolute Gasteiger partial charge is 0.339 e. The molecule has 4 heterocycles. The van der Waals surface area contributed by atoms with Gasteiger partial charge < -0.3 is 10.2 Å². The maximum atomic E-state index is 13.7. The predicted octanol–water partition coefficient (Wildman–Crippen LogP) is 4.95. The number of nitrogens with zero attached hydrogens (tertiary/aromatic N) is 3. The lowest BCUT2D eigenvalue weighted by Gasteiger charge is -2.41. The van der Waals surface area contributed by atoms with Gasteiger partial charge in [-0.3, -0.25) is 9.59 Å². The number of thiazole rings is 1. The van der Waals surface area contributed by atoms with Crippen LogP contribution in [-0.2, 0) is 16.0 Å². The van der Waals surface area contributed by atoms with Crippen molar-refractivity contribution < 1.29 is 18.4 Å². The highest BCUT2D eigenvalue weighted by Gasteiger charge is 2.49. The van der Waals surface area contributed by atoms with E-state index in [0.717, 1.165) is 29.7 Å². The van der Waals surface area contributed by atoms with E-state index in [-0.39, 0.29) is 37.5 Å². The molecule has 6 nitrogen and oxygen atoms in total. The van der Waals surface area contributed by atoms with Crippen molar-refractivity contribution in [2.75, 3.05) is 18.4 Å². The van der Waals surface area contributed by atoms with Crippen LogP contribution in [0.15, 0.2) is 34.8 Å². The van der Waals surface area contributed by atoms with Gasteiger partial charge in [0.25, 0.3) is 0 Å². The van der Waals surface area contributed by atoms with Crippen molar-refractivity contribution in [3.63, 3.8) is 0 Å². The molecule has 9 heteroatoms. The second-order valence-electron chi connectivity index (χ2n) is 9.42. The predicted molar refractivity (Wildman–Crippen MR) is 127 cm³/mol. The van der Waals surface area contributed by atoms with E-state index in [9.17, 15) is 18.4 Å². The van der Waals surface area contributed by atoms with Gasteiger partial charge in [-0.15, -0.1) is 11.3 Å². The number of aromatic nitrogens is 2. The lowest BCUT2D eigenvalue weighted by Crippen LogP contribution is -2.46. The van der Waals surface area contributed by atoms with Crippen molar-refractivity contribution in [2.24, 2.45) is 5.41 Å². The van der Waals surface area contributed by atoms with Gasteiger partial charge in [-0.2, -0.15) is 0 Å². The van der Waals surface area contributed by atoms with Gasteiger partial charge in [0.15, 0.2) is 0 Å². The Morgan fingerprint density at radius 1 is 1.15 bits per heavy atom. The number of hydrogen-bond donors (Lipinski definition) is 1. The Bertz CT molecular complexity index is 1140. The van der Waals surface area contributed by atoms with E-state index < -0.39 is 11.3 Å². The number of amides is 2. The van der Waals surface area contributed by atoms with E-state index in [1.165, 1.54) is 5.57 Å². The van der Waals surface area contributed by atoms with E-state index >= 15 is 0 Å². The summed E-state index contributed by atoms with van der Waals surface area (Å²) in [7, 11) is 0. The molecule has 1 aliphatic carbocycles. The number of likely N-dealkylation sites (tertiary alicyclic amines) is 1. The number of rotatable bonds is 3. The number of hydrogen-bond acceptors (Lipinski definition) is 5. The monoisotopic (exact) mass is 484 g/mol. The highest BCUT2D eigenvalue weighted by Crippen LogP contribution is 2.48. The first-order valence-corrected chi connectivity index (χ1v) is 12.5. The first kappa shape index (κ1) is 22.8. The molecule has 5 rings (SSSR count). The van der Waals surface area contributed by atoms with Crippen LogP contribution in [0.2, 0.25) is 0 Å². The molecule has 0 radical (unpaired) electrons. The molecule has 2 fully saturated rings. The van der Waals surface area contributed by atoms with Gasteiger partial charge in [-0.1, -0.05) is 5.57 Å². The number of alkyl halides is 2. The lowest BCUT2D eigenvalue weighted by atomic mass is 9.67. The number of carbonyl (C=O) groups is 2. The minimum Gasteiger partial charge on any atom is -0.339 e. The number of fused-ring (bicyclic) bond motifs is 1. The van der Waals surface area contributed by atoms with E-state index in [2.05, 4.69) is 21.4 Å². The first-order valence-electron chi connectivity index (χ1n) is 11.5. The van der Waals surface area contributed by atoms with Crippen LogP contribution >= 0.6 is 11.3 Å². The molecule has 0 bridgehead atoms. The molecule has 3 aliphatic rings. The summed E-state index contributed by atoms with van der Waals surface area (Å²) in [4.78, 5) is 35.8. The first-order chi connectivity index (χ1) is 16.3. The third-order valence-corrected chi connectivity index (χ3v) is 7.71.